The van der Waals surface area contributed by atoms with E-state index in [0.29, 0.717) is 12.2 Å². The van der Waals surface area contributed by atoms with Gasteiger partial charge in [-0.25, -0.2) is 0 Å². The fourth-order valence-corrected chi connectivity index (χ4v) is 3.53. The fraction of sp³-hybridized carbons (Fsp3) is 0.650. The zero-order valence-corrected chi connectivity index (χ0v) is 15.3. The van der Waals surface area contributed by atoms with Gasteiger partial charge in [0.15, 0.2) is 5.96 Å². The van der Waals surface area contributed by atoms with Crippen LogP contribution in [0.15, 0.2) is 29.3 Å². The van der Waals surface area contributed by atoms with Crippen LogP contribution in [0.1, 0.15) is 50.5 Å². The Morgan fingerprint density at radius 2 is 2.04 bits per heavy atom. The van der Waals surface area contributed by atoms with Crippen LogP contribution in [0.25, 0.3) is 0 Å². The van der Waals surface area contributed by atoms with Crippen molar-refractivity contribution in [1.82, 2.24) is 10.6 Å². The second-order valence-corrected chi connectivity index (χ2v) is 6.97. The van der Waals surface area contributed by atoms with E-state index in [1.54, 1.807) is 7.05 Å². The summed E-state index contributed by atoms with van der Waals surface area (Å²) >= 11 is 0. The summed E-state index contributed by atoms with van der Waals surface area (Å²) in [4.78, 5) is 4.29. The number of hydrogen-bond acceptors (Lipinski definition) is 3. The van der Waals surface area contributed by atoms with Gasteiger partial charge >= 0.3 is 0 Å². The standard InChI is InChI=1S/C20H31N3O2/c1-21-20(23-15-19-11-6-12-24-19)22-14-16-7-5-10-18(13-16)25-17-8-3-2-4-9-17/h5,7,10,13,17,19H,2-4,6,8-9,11-12,14-15H2,1H3,(H2,21,22,23). The topological polar surface area (TPSA) is 54.9 Å². The van der Waals surface area contributed by atoms with Crippen molar-refractivity contribution < 1.29 is 9.47 Å². The summed E-state index contributed by atoms with van der Waals surface area (Å²) < 4.78 is 11.8. The number of nitrogens with one attached hydrogen (secondary N) is 2. The summed E-state index contributed by atoms with van der Waals surface area (Å²) in [7, 11) is 1.80. The Hall–Kier alpha value is -1.75. The largest absolute Gasteiger partial charge is 0.490 e. The van der Waals surface area contributed by atoms with E-state index in [4.69, 9.17) is 9.47 Å². The molecule has 1 heterocycles. The van der Waals surface area contributed by atoms with Crippen LogP contribution in [0.4, 0.5) is 0 Å². The Kier molecular flexibility index (Phi) is 6.98. The van der Waals surface area contributed by atoms with Crippen LogP contribution in [0.3, 0.4) is 0 Å². The predicted molar refractivity (Wildman–Crippen MR) is 101 cm³/mol. The highest BCUT2D eigenvalue weighted by Gasteiger charge is 2.16. The van der Waals surface area contributed by atoms with Crippen LogP contribution in [-0.4, -0.2) is 38.4 Å². The molecule has 3 rings (SSSR count). The van der Waals surface area contributed by atoms with Crippen LogP contribution in [0.2, 0.25) is 0 Å². The third-order valence-corrected chi connectivity index (χ3v) is 4.96. The Morgan fingerprint density at radius 1 is 1.16 bits per heavy atom. The van der Waals surface area contributed by atoms with Gasteiger partial charge in [0.05, 0.1) is 12.2 Å². The van der Waals surface area contributed by atoms with Crippen molar-refractivity contribution in [3.05, 3.63) is 29.8 Å². The lowest BCUT2D eigenvalue weighted by atomic mass is 9.98. The van der Waals surface area contributed by atoms with E-state index in [1.165, 1.54) is 37.7 Å². The molecule has 1 saturated heterocycles. The average Bonchev–Trinajstić information content (AvgIpc) is 3.17. The molecule has 5 heteroatoms. The molecule has 2 N–H and O–H groups in total. The second kappa shape index (κ2) is 9.66. The van der Waals surface area contributed by atoms with Gasteiger partial charge in [-0.05, 0) is 56.2 Å². The SMILES string of the molecule is CN=C(NCc1cccc(OC2CCCCC2)c1)NCC1CCCO1. The van der Waals surface area contributed by atoms with E-state index in [-0.39, 0.29) is 0 Å². The van der Waals surface area contributed by atoms with Crippen LogP contribution in [0, 0.1) is 0 Å². The number of rotatable bonds is 6. The molecule has 0 radical (unpaired) electrons. The summed E-state index contributed by atoms with van der Waals surface area (Å²) in [5, 5.41) is 6.71. The number of hydrogen-bond donors (Lipinski definition) is 2. The van der Waals surface area contributed by atoms with E-state index in [2.05, 4.69) is 39.9 Å². The lowest BCUT2D eigenvalue weighted by Gasteiger charge is -2.23. The Labute approximate surface area is 151 Å². The molecule has 25 heavy (non-hydrogen) atoms. The zero-order valence-electron chi connectivity index (χ0n) is 15.3. The minimum absolute atomic E-state index is 0.311. The van der Waals surface area contributed by atoms with Crippen molar-refractivity contribution in [3.63, 3.8) is 0 Å². The summed E-state index contributed by atoms with van der Waals surface area (Å²) in [6.45, 7) is 2.42. The fourth-order valence-electron chi connectivity index (χ4n) is 3.53. The number of benzene rings is 1. The summed E-state index contributed by atoms with van der Waals surface area (Å²) in [5.74, 6) is 1.79. The number of guanidine groups is 1. The Morgan fingerprint density at radius 3 is 2.80 bits per heavy atom. The van der Waals surface area contributed by atoms with Gasteiger partial charge in [-0.15, -0.1) is 0 Å². The van der Waals surface area contributed by atoms with Gasteiger partial charge in [-0.1, -0.05) is 18.6 Å². The van der Waals surface area contributed by atoms with Gasteiger partial charge in [0.25, 0.3) is 0 Å². The Bertz CT molecular complexity index is 550. The minimum Gasteiger partial charge on any atom is -0.490 e. The number of nitrogens with zero attached hydrogens (tertiary/aromatic N) is 1. The molecule has 0 aromatic heterocycles. The van der Waals surface area contributed by atoms with Crippen molar-refractivity contribution in [1.29, 1.82) is 0 Å². The number of aliphatic imine (C=N–C) groups is 1. The first-order chi connectivity index (χ1) is 12.3. The third-order valence-electron chi connectivity index (χ3n) is 4.96. The van der Waals surface area contributed by atoms with Crippen LogP contribution < -0.4 is 15.4 Å². The first-order valence-electron chi connectivity index (χ1n) is 9.65. The molecular formula is C20H31N3O2. The molecular weight excluding hydrogens is 314 g/mol. The maximum atomic E-state index is 6.15. The molecule has 1 unspecified atom stereocenters. The molecule has 0 bridgehead atoms. The monoisotopic (exact) mass is 345 g/mol. The third kappa shape index (κ3) is 5.92. The van der Waals surface area contributed by atoms with Crippen LogP contribution in [-0.2, 0) is 11.3 Å². The molecule has 138 valence electrons. The van der Waals surface area contributed by atoms with Gasteiger partial charge in [-0.3, -0.25) is 4.99 Å². The van der Waals surface area contributed by atoms with E-state index in [1.807, 2.05) is 0 Å². The van der Waals surface area contributed by atoms with Gasteiger partial charge in [0.1, 0.15) is 5.75 Å². The summed E-state index contributed by atoms with van der Waals surface area (Å²) in [6, 6.07) is 8.38. The maximum Gasteiger partial charge on any atom is 0.191 e. The lowest BCUT2D eigenvalue weighted by Crippen LogP contribution is -2.40. The minimum atomic E-state index is 0.311. The predicted octanol–water partition coefficient (Wildman–Crippen LogP) is 3.24. The van der Waals surface area contributed by atoms with Crippen molar-refractivity contribution in [2.75, 3.05) is 20.2 Å². The highest BCUT2D eigenvalue weighted by atomic mass is 16.5. The van der Waals surface area contributed by atoms with E-state index in [9.17, 15) is 0 Å². The quantitative estimate of drug-likeness (QED) is 0.614. The van der Waals surface area contributed by atoms with Crippen molar-refractivity contribution in [2.24, 2.45) is 4.99 Å². The lowest BCUT2D eigenvalue weighted by molar-refractivity contribution is 0.114. The molecule has 1 saturated carbocycles. The highest BCUT2D eigenvalue weighted by Crippen LogP contribution is 2.23. The first-order valence-corrected chi connectivity index (χ1v) is 9.65. The highest BCUT2D eigenvalue weighted by molar-refractivity contribution is 5.79. The molecule has 0 amide bonds. The van der Waals surface area contributed by atoms with Crippen LogP contribution >= 0.6 is 0 Å². The molecule has 1 aromatic carbocycles. The normalized spacial score (nSPS) is 22.0. The van der Waals surface area contributed by atoms with Gasteiger partial charge in [-0.2, -0.15) is 0 Å². The van der Waals surface area contributed by atoms with Crippen molar-refractivity contribution in [3.8, 4) is 5.75 Å². The molecule has 2 fully saturated rings. The molecule has 5 nitrogen and oxygen atoms in total. The first kappa shape index (κ1) is 18.1. The molecule has 1 aliphatic heterocycles. The molecule has 1 atom stereocenters. The summed E-state index contributed by atoms with van der Waals surface area (Å²) in [6.07, 6.45) is 9.28. The smallest absolute Gasteiger partial charge is 0.191 e. The molecule has 0 spiro atoms. The van der Waals surface area contributed by atoms with Crippen molar-refractivity contribution in [2.45, 2.75) is 63.7 Å². The molecule has 1 aromatic rings. The van der Waals surface area contributed by atoms with Gasteiger partial charge in [0, 0.05) is 26.7 Å². The summed E-state index contributed by atoms with van der Waals surface area (Å²) in [5.41, 5.74) is 1.20. The maximum absolute atomic E-state index is 6.15. The molecule has 1 aliphatic carbocycles. The van der Waals surface area contributed by atoms with E-state index in [0.717, 1.165) is 44.2 Å². The molecule has 2 aliphatic rings. The average molecular weight is 345 g/mol. The van der Waals surface area contributed by atoms with E-state index >= 15 is 0 Å². The van der Waals surface area contributed by atoms with Gasteiger partial charge < -0.3 is 20.1 Å². The second-order valence-electron chi connectivity index (χ2n) is 6.97. The Balaban J connectivity index is 1.45. The van der Waals surface area contributed by atoms with E-state index < -0.39 is 0 Å². The zero-order chi connectivity index (χ0) is 17.3. The number of ether oxygens (including phenoxy) is 2. The van der Waals surface area contributed by atoms with Gasteiger partial charge in [0.2, 0.25) is 0 Å². The van der Waals surface area contributed by atoms with Crippen LogP contribution in [0.5, 0.6) is 5.75 Å². The van der Waals surface area contributed by atoms with Crippen molar-refractivity contribution >= 4 is 5.96 Å².